The molecule has 1 aromatic carbocycles. The van der Waals surface area contributed by atoms with Crippen molar-refractivity contribution in [2.75, 3.05) is 5.75 Å². The molecule has 0 spiro atoms. The Morgan fingerprint density at radius 2 is 1.92 bits per heavy atom. The number of hydrogen-bond acceptors (Lipinski definition) is 2. The molecule has 2 nitrogen and oxygen atoms in total. The third-order valence-electron chi connectivity index (χ3n) is 1.98. The van der Waals surface area contributed by atoms with Crippen molar-refractivity contribution in [2.45, 2.75) is 19.2 Å². The molecule has 0 fully saturated rings. The molecule has 0 aliphatic heterocycles. The SMILES string of the molecule is CCS(=O)Cc1ccccc1CN. The molecule has 1 aromatic rings. The van der Waals surface area contributed by atoms with Crippen LogP contribution in [0.2, 0.25) is 0 Å². The summed E-state index contributed by atoms with van der Waals surface area (Å²) in [6.07, 6.45) is 0. The van der Waals surface area contributed by atoms with Gasteiger partial charge in [0.1, 0.15) is 0 Å². The molecule has 0 aliphatic carbocycles. The maximum Gasteiger partial charge on any atom is 0.0488 e. The minimum atomic E-state index is -0.745. The lowest BCUT2D eigenvalue weighted by atomic mass is 10.1. The normalized spacial score (nSPS) is 12.8. The number of nitrogens with two attached hydrogens (primary N) is 1. The first-order chi connectivity index (χ1) is 6.27. The monoisotopic (exact) mass is 197 g/mol. The standard InChI is InChI=1S/C10H15NOS/c1-2-13(12)8-10-6-4-3-5-9(10)7-11/h3-6H,2,7-8,11H2,1H3. The summed E-state index contributed by atoms with van der Waals surface area (Å²) < 4.78 is 11.3. The molecule has 0 heterocycles. The van der Waals surface area contributed by atoms with Crippen LogP contribution in [0.3, 0.4) is 0 Å². The topological polar surface area (TPSA) is 43.1 Å². The van der Waals surface area contributed by atoms with E-state index in [1.165, 1.54) is 0 Å². The van der Waals surface area contributed by atoms with E-state index in [2.05, 4.69) is 0 Å². The average Bonchev–Trinajstić information content (AvgIpc) is 2.18. The Kier molecular flexibility index (Phi) is 4.12. The van der Waals surface area contributed by atoms with Crippen molar-refractivity contribution in [3.05, 3.63) is 35.4 Å². The van der Waals surface area contributed by atoms with Crippen molar-refractivity contribution in [3.63, 3.8) is 0 Å². The predicted octanol–water partition coefficient (Wildman–Crippen LogP) is 1.41. The van der Waals surface area contributed by atoms with Crippen molar-refractivity contribution >= 4 is 10.8 Å². The molecule has 72 valence electrons. The molecule has 0 aromatic heterocycles. The van der Waals surface area contributed by atoms with E-state index in [-0.39, 0.29) is 0 Å². The van der Waals surface area contributed by atoms with E-state index in [0.29, 0.717) is 18.1 Å². The Hall–Kier alpha value is -0.670. The van der Waals surface area contributed by atoms with Gasteiger partial charge < -0.3 is 5.73 Å². The lowest BCUT2D eigenvalue weighted by Crippen LogP contribution is -2.04. The predicted molar refractivity (Wildman–Crippen MR) is 56.7 cm³/mol. The van der Waals surface area contributed by atoms with E-state index in [1.54, 1.807) is 0 Å². The number of rotatable bonds is 4. The Bertz CT molecular complexity index is 299. The summed E-state index contributed by atoms with van der Waals surface area (Å²) in [6.45, 7) is 2.46. The zero-order valence-corrected chi connectivity index (χ0v) is 8.64. The highest BCUT2D eigenvalue weighted by Gasteiger charge is 2.02. The fourth-order valence-electron chi connectivity index (χ4n) is 1.17. The summed E-state index contributed by atoms with van der Waals surface area (Å²) in [6, 6.07) is 7.90. The molecule has 0 radical (unpaired) electrons. The summed E-state index contributed by atoms with van der Waals surface area (Å²) >= 11 is 0. The molecule has 1 rings (SSSR count). The fraction of sp³-hybridized carbons (Fsp3) is 0.400. The van der Waals surface area contributed by atoms with Gasteiger partial charge in [0.2, 0.25) is 0 Å². The molecule has 0 saturated heterocycles. The third kappa shape index (κ3) is 2.94. The van der Waals surface area contributed by atoms with Gasteiger partial charge in [-0.05, 0) is 11.1 Å². The summed E-state index contributed by atoms with van der Waals surface area (Å²) in [5.41, 5.74) is 7.79. The highest BCUT2D eigenvalue weighted by atomic mass is 32.2. The third-order valence-corrected chi connectivity index (χ3v) is 3.25. The van der Waals surface area contributed by atoms with Crippen LogP contribution in [-0.2, 0) is 23.1 Å². The van der Waals surface area contributed by atoms with Crippen LogP contribution in [0.15, 0.2) is 24.3 Å². The molecule has 1 unspecified atom stereocenters. The maximum absolute atomic E-state index is 11.3. The van der Waals surface area contributed by atoms with E-state index in [9.17, 15) is 4.21 Å². The summed E-state index contributed by atoms with van der Waals surface area (Å²) in [5, 5.41) is 0. The molecule has 0 saturated carbocycles. The molecule has 0 bridgehead atoms. The van der Waals surface area contributed by atoms with Crippen LogP contribution in [0.25, 0.3) is 0 Å². The van der Waals surface area contributed by atoms with Gasteiger partial charge in [0, 0.05) is 28.9 Å². The quantitative estimate of drug-likeness (QED) is 0.793. The van der Waals surface area contributed by atoms with Gasteiger partial charge in [-0.1, -0.05) is 31.2 Å². The van der Waals surface area contributed by atoms with Crippen LogP contribution in [0.4, 0.5) is 0 Å². The maximum atomic E-state index is 11.3. The lowest BCUT2D eigenvalue weighted by molar-refractivity contribution is 0.683. The van der Waals surface area contributed by atoms with Gasteiger partial charge in [0.05, 0.1) is 0 Å². The van der Waals surface area contributed by atoms with E-state index in [4.69, 9.17) is 5.73 Å². The molecule has 2 N–H and O–H groups in total. The second kappa shape index (κ2) is 5.14. The van der Waals surface area contributed by atoms with Crippen LogP contribution in [0.1, 0.15) is 18.1 Å². The smallest absolute Gasteiger partial charge is 0.0488 e. The molecule has 0 amide bonds. The Morgan fingerprint density at radius 3 is 2.46 bits per heavy atom. The molecular weight excluding hydrogens is 182 g/mol. The molecule has 1 atom stereocenters. The molecule has 0 aliphatic rings. The number of hydrogen-bond donors (Lipinski definition) is 1. The highest BCUT2D eigenvalue weighted by Crippen LogP contribution is 2.10. The van der Waals surface area contributed by atoms with E-state index in [0.717, 1.165) is 11.1 Å². The van der Waals surface area contributed by atoms with Gasteiger partial charge in [-0.15, -0.1) is 0 Å². The number of benzene rings is 1. The van der Waals surface area contributed by atoms with Crippen molar-refractivity contribution in [2.24, 2.45) is 5.73 Å². The van der Waals surface area contributed by atoms with E-state index >= 15 is 0 Å². The highest BCUT2D eigenvalue weighted by molar-refractivity contribution is 7.84. The first-order valence-corrected chi connectivity index (χ1v) is 5.88. The molecule has 3 heteroatoms. The summed E-state index contributed by atoms with van der Waals surface area (Å²) in [7, 11) is -0.745. The van der Waals surface area contributed by atoms with Crippen molar-refractivity contribution < 1.29 is 4.21 Å². The van der Waals surface area contributed by atoms with Crippen LogP contribution in [0, 0.1) is 0 Å². The lowest BCUT2D eigenvalue weighted by Gasteiger charge is -2.05. The summed E-state index contributed by atoms with van der Waals surface area (Å²) in [4.78, 5) is 0. The minimum absolute atomic E-state index is 0.525. The van der Waals surface area contributed by atoms with E-state index < -0.39 is 10.8 Å². The minimum Gasteiger partial charge on any atom is -0.326 e. The van der Waals surface area contributed by atoms with Gasteiger partial charge in [0.25, 0.3) is 0 Å². The Balaban J connectivity index is 2.81. The van der Waals surface area contributed by atoms with Crippen LogP contribution < -0.4 is 5.73 Å². The van der Waals surface area contributed by atoms with Crippen molar-refractivity contribution in [3.8, 4) is 0 Å². The van der Waals surface area contributed by atoms with Crippen LogP contribution >= 0.6 is 0 Å². The molecule has 13 heavy (non-hydrogen) atoms. The average molecular weight is 197 g/mol. The fourth-order valence-corrected chi connectivity index (χ4v) is 2.01. The largest absolute Gasteiger partial charge is 0.326 e. The first kappa shape index (κ1) is 10.4. The van der Waals surface area contributed by atoms with Crippen LogP contribution in [0.5, 0.6) is 0 Å². The summed E-state index contributed by atoms with van der Waals surface area (Å²) in [5.74, 6) is 1.34. The van der Waals surface area contributed by atoms with Gasteiger partial charge in [-0.3, -0.25) is 4.21 Å². The second-order valence-electron chi connectivity index (χ2n) is 2.85. The Labute approximate surface area is 81.6 Å². The van der Waals surface area contributed by atoms with Crippen molar-refractivity contribution in [1.82, 2.24) is 0 Å². The zero-order chi connectivity index (χ0) is 9.68. The van der Waals surface area contributed by atoms with Gasteiger partial charge in [0.15, 0.2) is 0 Å². The first-order valence-electron chi connectivity index (χ1n) is 4.39. The second-order valence-corrected chi connectivity index (χ2v) is 4.59. The zero-order valence-electron chi connectivity index (χ0n) is 7.82. The van der Waals surface area contributed by atoms with Gasteiger partial charge >= 0.3 is 0 Å². The van der Waals surface area contributed by atoms with Crippen LogP contribution in [-0.4, -0.2) is 9.96 Å². The van der Waals surface area contributed by atoms with Gasteiger partial charge in [-0.25, -0.2) is 0 Å². The van der Waals surface area contributed by atoms with Gasteiger partial charge in [-0.2, -0.15) is 0 Å². The van der Waals surface area contributed by atoms with Crippen molar-refractivity contribution in [1.29, 1.82) is 0 Å². The van der Waals surface area contributed by atoms with E-state index in [1.807, 2.05) is 31.2 Å². The Morgan fingerprint density at radius 1 is 1.31 bits per heavy atom. The molecular formula is C10H15NOS.